The van der Waals surface area contributed by atoms with E-state index in [1.165, 1.54) is 4.88 Å². The third-order valence-electron chi connectivity index (χ3n) is 3.75. The van der Waals surface area contributed by atoms with E-state index in [9.17, 15) is 4.79 Å². The van der Waals surface area contributed by atoms with Gasteiger partial charge in [0.25, 0.3) is 0 Å². The van der Waals surface area contributed by atoms with Gasteiger partial charge in [0.15, 0.2) is 0 Å². The Morgan fingerprint density at radius 1 is 1.57 bits per heavy atom. The first-order chi connectivity index (χ1) is 10.2. The molecule has 1 aliphatic rings. The van der Waals surface area contributed by atoms with E-state index in [-0.39, 0.29) is 5.91 Å². The first-order valence-electron chi connectivity index (χ1n) is 7.60. The average Bonchev–Trinajstić information content (AvgIpc) is 2.89. The molecule has 116 valence electrons. The molecule has 2 rings (SSSR count). The predicted molar refractivity (Wildman–Crippen MR) is 88.5 cm³/mol. The summed E-state index contributed by atoms with van der Waals surface area (Å²) in [5, 5.41) is 5.33. The van der Waals surface area contributed by atoms with Crippen molar-refractivity contribution in [3.63, 3.8) is 0 Å². The largest absolute Gasteiger partial charge is 0.333 e. The molecule has 0 atom stereocenters. The maximum Gasteiger partial charge on any atom is 0.237 e. The zero-order chi connectivity index (χ0) is 15.1. The van der Waals surface area contributed by atoms with E-state index in [2.05, 4.69) is 35.2 Å². The summed E-state index contributed by atoms with van der Waals surface area (Å²) >= 11 is 1.69. The van der Waals surface area contributed by atoms with Gasteiger partial charge in [0, 0.05) is 30.6 Å². The molecule has 1 fully saturated rings. The van der Waals surface area contributed by atoms with Crippen LogP contribution in [0.25, 0.3) is 0 Å². The van der Waals surface area contributed by atoms with E-state index in [0.717, 1.165) is 26.1 Å². The Labute approximate surface area is 131 Å². The van der Waals surface area contributed by atoms with E-state index in [1.54, 1.807) is 17.4 Å². The van der Waals surface area contributed by atoms with Crippen LogP contribution < -0.4 is 5.32 Å². The Morgan fingerprint density at radius 3 is 2.90 bits per heavy atom. The highest BCUT2D eigenvalue weighted by Gasteiger charge is 2.27. The van der Waals surface area contributed by atoms with Crippen LogP contribution in [0.3, 0.4) is 0 Å². The molecule has 1 aromatic heterocycles. The Kier molecular flexibility index (Phi) is 6.42. The van der Waals surface area contributed by atoms with Crippen molar-refractivity contribution in [2.45, 2.75) is 25.9 Å². The van der Waals surface area contributed by atoms with Crippen molar-refractivity contribution < 1.29 is 4.79 Å². The lowest BCUT2D eigenvalue weighted by atomic mass is 10.1. The summed E-state index contributed by atoms with van der Waals surface area (Å²) in [5.74, 6) is 0.198. The van der Waals surface area contributed by atoms with Gasteiger partial charge in [-0.25, -0.2) is 0 Å². The Hall–Kier alpha value is -1.17. The van der Waals surface area contributed by atoms with Gasteiger partial charge >= 0.3 is 0 Å². The molecular formula is C16H25N3OS. The Balaban J connectivity index is 1.94. The molecule has 0 aromatic carbocycles. The SMILES string of the molecule is C=CCN(Cc1cccs1)C(=O)CN(CCC)C1CNC1. The lowest BCUT2D eigenvalue weighted by Gasteiger charge is -2.38. The first-order valence-corrected chi connectivity index (χ1v) is 8.48. The molecular weight excluding hydrogens is 282 g/mol. The molecule has 0 saturated carbocycles. The summed E-state index contributed by atoms with van der Waals surface area (Å²) in [6.45, 7) is 10.7. The van der Waals surface area contributed by atoms with Gasteiger partial charge in [-0.3, -0.25) is 9.69 Å². The van der Waals surface area contributed by atoms with Crippen molar-refractivity contribution in [1.29, 1.82) is 0 Å². The Morgan fingerprint density at radius 2 is 2.38 bits per heavy atom. The van der Waals surface area contributed by atoms with Crippen LogP contribution >= 0.6 is 11.3 Å². The first kappa shape index (κ1) is 16.2. The van der Waals surface area contributed by atoms with Crippen molar-refractivity contribution in [2.75, 3.05) is 32.7 Å². The van der Waals surface area contributed by atoms with Gasteiger partial charge in [0.1, 0.15) is 0 Å². The summed E-state index contributed by atoms with van der Waals surface area (Å²) in [5.41, 5.74) is 0. The second kappa shape index (κ2) is 8.32. The number of nitrogens with one attached hydrogen (secondary N) is 1. The molecule has 1 aliphatic heterocycles. The molecule has 0 bridgehead atoms. The minimum atomic E-state index is 0.198. The average molecular weight is 307 g/mol. The van der Waals surface area contributed by atoms with E-state index in [4.69, 9.17) is 0 Å². The fraction of sp³-hybridized carbons (Fsp3) is 0.562. The number of nitrogens with zero attached hydrogens (tertiary/aromatic N) is 2. The van der Waals surface area contributed by atoms with Crippen molar-refractivity contribution in [1.82, 2.24) is 15.1 Å². The number of thiophene rings is 1. The van der Waals surface area contributed by atoms with Gasteiger partial charge < -0.3 is 10.2 Å². The number of amides is 1. The highest BCUT2D eigenvalue weighted by atomic mass is 32.1. The summed E-state index contributed by atoms with van der Waals surface area (Å²) in [4.78, 5) is 18.0. The molecule has 21 heavy (non-hydrogen) atoms. The van der Waals surface area contributed by atoms with Crippen LogP contribution in [0.2, 0.25) is 0 Å². The summed E-state index contributed by atoms with van der Waals surface area (Å²) in [6, 6.07) is 4.62. The molecule has 1 aromatic rings. The lowest BCUT2D eigenvalue weighted by molar-refractivity contribution is -0.133. The van der Waals surface area contributed by atoms with E-state index in [1.807, 2.05) is 11.0 Å². The smallest absolute Gasteiger partial charge is 0.237 e. The van der Waals surface area contributed by atoms with Crippen LogP contribution in [0.4, 0.5) is 0 Å². The second-order valence-corrected chi connectivity index (χ2v) is 6.46. The van der Waals surface area contributed by atoms with Gasteiger partial charge in [-0.1, -0.05) is 19.1 Å². The van der Waals surface area contributed by atoms with Crippen LogP contribution in [0, 0.1) is 0 Å². The van der Waals surface area contributed by atoms with Gasteiger partial charge in [-0.05, 0) is 24.4 Å². The minimum absolute atomic E-state index is 0.198. The van der Waals surface area contributed by atoms with Crippen LogP contribution in [0.15, 0.2) is 30.2 Å². The van der Waals surface area contributed by atoms with Crippen molar-refractivity contribution in [2.24, 2.45) is 0 Å². The zero-order valence-electron chi connectivity index (χ0n) is 12.8. The third-order valence-corrected chi connectivity index (χ3v) is 4.62. The maximum atomic E-state index is 12.6. The molecule has 0 spiro atoms. The highest BCUT2D eigenvalue weighted by Crippen LogP contribution is 2.13. The standard InChI is InChI=1S/C16H25N3OS/c1-3-7-18(14-10-17-11-14)13-16(20)19(8-4-2)12-15-6-5-9-21-15/h4-6,9,14,17H,2-3,7-8,10-13H2,1H3. The number of carbonyl (C=O) groups is 1. The van der Waals surface area contributed by atoms with E-state index < -0.39 is 0 Å². The third kappa shape index (κ3) is 4.66. The molecule has 1 N–H and O–H groups in total. The van der Waals surface area contributed by atoms with E-state index in [0.29, 0.717) is 25.7 Å². The fourth-order valence-corrected chi connectivity index (χ4v) is 3.20. The molecule has 4 nitrogen and oxygen atoms in total. The Bertz CT molecular complexity index is 442. The second-order valence-electron chi connectivity index (χ2n) is 5.42. The monoisotopic (exact) mass is 307 g/mol. The van der Waals surface area contributed by atoms with Gasteiger partial charge in [0.2, 0.25) is 5.91 Å². The zero-order valence-corrected chi connectivity index (χ0v) is 13.6. The van der Waals surface area contributed by atoms with E-state index >= 15 is 0 Å². The summed E-state index contributed by atoms with van der Waals surface area (Å²) < 4.78 is 0. The lowest BCUT2D eigenvalue weighted by Crippen LogP contribution is -2.59. The fourth-order valence-electron chi connectivity index (χ4n) is 2.48. The molecule has 2 heterocycles. The van der Waals surface area contributed by atoms with Crippen LogP contribution in [0.1, 0.15) is 18.2 Å². The summed E-state index contributed by atoms with van der Waals surface area (Å²) in [6.07, 6.45) is 2.89. The molecule has 0 aliphatic carbocycles. The normalized spacial score (nSPS) is 15.0. The molecule has 1 saturated heterocycles. The van der Waals surface area contributed by atoms with Crippen LogP contribution in [0.5, 0.6) is 0 Å². The van der Waals surface area contributed by atoms with Gasteiger partial charge in [-0.15, -0.1) is 17.9 Å². The topological polar surface area (TPSA) is 35.6 Å². The van der Waals surface area contributed by atoms with Crippen LogP contribution in [-0.4, -0.2) is 54.5 Å². The van der Waals surface area contributed by atoms with Crippen molar-refractivity contribution in [3.8, 4) is 0 Å². The quantitative estimate of drug-likeness (QED) is 0.708. The van der Waals surface area contributed by atoms with Crippen molar-refractivity contribution in [3.05, 3.63) is 35.0 Å². The van der Waals surface area contributed by atoms with Gasteiger partial charge in [-0.2, -0.15) is 0 Å². The number of hydrogen-bond donors (Lipinski definition) is 1. The minimum Gasteiger partial charge on any atom is -0.333 e. The molecule has 1 amide bonds. The number of rotatable bonds is 9. The highest BCUT2D eigenvalue weighted by molar-refractivity contribution is 7.09. The molecule has 0 radical (unpaired) electrons. The molecule has 0 unspecified atom stereocenters. The van der Waals surface area contributed by atoms with Crippen molar-refractivity contribution >= 4 is 17.2 Å². The van der Waals surface area contributed by atoms with Crippen LogP contribution in [-0.2, 0) is 11.3 Å². The number of hydrogen-bond acceptors (Lipinski definition) is 4. The predicted octanol–water partition coefficient (Wildman–Crippen LogP) is 1.95. The number of carbonyl (C=O) groups excluding carboxylic acids is 1. The maximum absolute atomic E-state index is 12.6. The molecule has 5 heteroatoms. The summed E-state index contributed by atoms with van der Waals surface area (Å²) in [7, 11) is 0. The van der Waals surface area contributed by atoms with Gasteiger partial charge in [0.05, 0.1) is 13.1 Å².